The summed E-state index contributed by atoms with van der Waals surface area (Å²) >= 11 is 0. The summed E-state index contributed by atoms with van der Waals surface area (Å²) < 4.78 is 11.1. The summed E-state index contributed by atoms with van der Waals surface area (Å²) in [6.45, 7) is 9.90. The Hall–Kier alpha value is -1.06. The molecule has 1 fully saturated rings. The van der Waals surface area contributed by atoms with E-state index in [1.54, 1.807) is 0 Å². The van der Waals surface area contributed by atoms with Crippen LogP contribution in [0.3, 0.4) is 0 Å². The van der Waals surface area contributed by atoms with Gasteiger partial charge in [0.15, 0.2) is 5.41 Å². The second kappa shape index (κ2) is 16.6. The van der Waals surface area contributed by atoms with Gasteiger partial charge < -0.3 is 9.47 Å². The zero-order valence-electron chi connectivity index (χ0n) is 21.0. The van der Waals surface area contributed by atoms with Gasteiger partial charge in [-0.3, -0.25) is 9.59 Å². The molecule has 182 valence electrons. The fourth-order valence-corrected chi connectivity index (χ4v) is 4.45. The summed E-state index contributed by atoms with van der Waals surface area (Å²) in [5.74, 6) is 0.864. The molecule has 0 atom stereocenters. The maximum absolute atomic E-state index is 12.8. The fourth-order valence-electron chi connectivity index (χ4n) is 4.45. The summed E-state index contributed by atoms with van der Waals surface area (Å²) in [6, 6.07) is 0. The van der Waals surface area contributed by atoms with Crippen molar-refractivity contribution in [2.75, 3.05) is 13.2 Å². The van der Waals surface area contributed by atoms with E-state index in [-0.39, 0.29) is 11.9 Å². The Labute approximate surface area is 192 Å². The van der Waals surface area contributed by atoms with Crippen LogP contribution in [0.25, 0.3) is 0 Å². The van der Waals surface area contributed by atoms with Gasteiger partial charge in [0, 0.05) is 0 Å². The molecular weight excluding hydrogens is 388 g/mol. The quantitative estimate of drug-likeness (QED) is 0.125. The number of carbonyl (C=O) groups is 2. The second-order valence-electron chi connectivity index (χ2n) is 10.5. The number of esters is 2. The van der Waals surface area contributed by atoms with Gasteiger partial charge in [0.2, 0.25) is 0 Å². The van der Waals surface area contributed by atoms with Gasteiger partial charge in [-0.2, -0.15) is 0 Å². The lowest BCUT2D eigenvalue weighted by molar-refractivity contribution is -0.172. The minimum atomic E-state index is -1.03. The van der Waals surface area contributed by atoms with Crippen LogP contribution in [0.2, 0.25) is 0 Å². The van der Waals surface area contributed by atoms with Crippen LogP contribution in [-0.2, 0) is 19.1 Å². The van der Waals surface area contributed by atoms with Gasteiger partial charge in [0.1, 0.15) is 0 Å². The average Bonchev–Trinajstić information content (AvgIpc) is 3.22. The summed E-state index contributed by atoms with van der Waals surface area (Å²) in [5, 5.41) is 0. The Balaban J connectivity index is 2.20. The standard InChI is InChI=1S/C27H50O4/c1-23(2)17-11-7-5-9-15-21-30-25(28)27(19-13-14-20-27)26(29)31-22-16-10-6-8-12-18-24(3)4/h23-24H,5-22H2,1-4H3. The van der Waals surface area contributed by atoms with E-state index in [4.69, 9.17) is 9.47 Å². The summed E-state index contributed by atoms with van der Waals surface area (Å²) in [6.07, 6.45) is 16.9. The van der Waals surface area contributed by atoms with Crippen molar-refractivity contribution in [1.29, 1.82) is 0 Å². The fraction of sp³-hybridized carbons (Fsp3) is 0.926. The van der Waals surface area contributed by atoms with Crippen molar-refractivity contribution in [1.82, 2.24) is 0 Å². The number of ether oxygens (including phenoxy) is 2. The van der Waals surface area contributed by atoms with Crippen LogP contribution in [0.4, 0.5) is 0 Å². The Kier molecular flexibility index (Phi) is 14.9. The van der Waals surface area contributed by atoms with Gasteiger partial charge in [0.25, 0.3) is 0 Å². The van der Waals surface area contributed by atoms with Crippen molar-refractivity contribution in [2.45, 2.75) is 130 Å². The molecule has 0 aromatic rings. The number of hydrogen-bond donors (Lipinski definition) is 0. The molecule has 1 rings (SSSR count). The maximum Gasteiger partial charge on any atom is 0.323 e. The first-order valence-corrected chi connectivity index (χ1v) is 13.2. The van der Waals surface area contributed by atoms with Gasteiger partial charge in [-0.05, 0) is 37.5 Å². The highest BCUT2D eigenvalue weighted by molar-refractivity contribution is 6.00. The molecular formula is C27H50O4. The lowest BCUT2D eigenvalue weighted by Gasteiger charge is -2.24. The smallest absolute Gasteiger partial charge is 0.323 e. The van der Waals surface area contributed by atoms with E-state index in [0.717, 1.165) is 50.4 Å². The topological polar surface area (TPSA) is 52.6 Å². The highest BCUT2D eigenvalue weighted by Gasteiger charge is 2.50. The highest BCUT2D eigenvalue weighted by Crippen LogP contribution is 2.40. The van der Waals surface area contributed by atoms with E-state index in [2.05, 4.69) is 27.7 Å². The van der Waals surface area contributed by atoms with Gasteiger partial charge in [-0.1, -0.05) is 105 Å². The third-order valence-corrected chi connectivity index (χ3v) is 6.56. The molecule has 0 unspecified atom stereocenters. The Morgan fingerprint density at radius 2 is 0.968 bits per heavy atom. The third kappa shape index (κ3) is 11.9. The van der Waals surface area contributed by atoms with Crippen LogP contribution >= 0.6 is 0 Å². The van der Waals surface area contributed by atoms with Crippen LogP contribution in [0.15, 0.2) is 0 Å². The van der Waals surface area contributed by atoms with Gasteiger partial charge in [-0.25, -0.2) is 0 Å². The van der Waals surface area contributed by atoms with Crippen LogP contribution < -0.4 is 0 Å². The van der Waals surface area contributed by atoms with Crippen LogP contribution in [-0.4, -0.2) is 25.2 Å². The number of rotatable bonds is 18. The van der Waals surface area contributed by atoms with E-state index in [0.29, 0.717) is 26.1 Å². The molecule has 0 bridgehead atoms. The molecule has 0 aliphatic heterocycles. The van der Waals surface area contributed by atoms with Gasteiger partial charge >= 0.3 is 11.9 Å². The molecule has 0 N–H and O–H groups in total. The van der Waals surface area contributed by atoms with Crippen molar-refractivity contribution in [3.63, 3.8) is 0 Å². The van der Waals surface area contributed by atoms with E-state index >= 15 is 0 Å². The lowest BCUT2D eigenvalue weighted by Crippen LogP contribution is -2.40. The largest absolute Gasteiger partial charge is 0.465 e. The van der Waals surface area contributed by atoms with Crippen LogP contribution in [0.5, 0.6) is 0 Å². The number of carbonyl (C=O) groups excluding carboxylic acids is 2. The second-order valence-corrected chi connectivity index (χ2v) is 10.5. The maximum atomic E-state index is 12.8. The molecule has 31 heavy (non-hydrogen) atoms. The Bertz CT molecular complexity index is 440. The zero-order chi connectivity index (χ0) is 23.0. The predicted molar refractivity (Wildman–Crippen MR) is 128 cm³/mol. The molecule has 0 amide bonds. The van der Waals surface area contributed by atoms with E-state index in [1.807, 2.05) is 0 Å². The number of unbranched alkanes of at least 4 members (excludes halogenated alkanes) is 8. The van der Waals surface area contributed by atoms with Crippen LogP contribution in [0, 0.1) is 17.3 Å². The minimum Gasteiger partial charge on any atom is -0.465 e. The molecule has 0 radical (unpaired) electrons. The van der Waals surface area contributed by atoms with Crippen molar-refractivity contribution in [3.8, 4) is 0 Å². The normalized spacial score (nSPS) is 15.5. The molecule has 4 heteroatoms. The van der Waals surface area contributed by atoms with Crippen molar-refractivity contribution >= 4 is 11.9 Å². The molecule has 0 spiro atoms. The molecule has 1 saturated carbocycles. The molecule has 1 aliphatic rings. The van der Waals surface area contributed by atoms with Gasteiger partial charge in [0.05, 0.1) is 13.2 Å². The molecule has 0 saturated heterocycles. The first kappa shape index (κ1) is 28.0. The third-order valence-electron chi connectivity index (χ3n) is 6.56. The molecule has 4 nitrogen and oxygen atoms in total. The first-order valence-electron chi connectivity index (χ1n) is 13.2. The average molecular weight is 439 g/mol. The van der Waals surface area contributed by atoms with Crippen molar-refractivity contribution in [3.05, 3.63) is 0 Å². The SMILES string of the molecule is CC(C)CCCCCCCOC(=O)C1(C(=O)OCCCCCCCC(C)C)CCCC1. The lowest BCUT2D eigenvalue weighted by atomic mass is 9.86. The summed E-state index contributed by atoms with van der Waals surface area (Å²) in [7, 11) is 0. The van der Waals surface area contributed by atoms with Gasteiger partial charge in [-0.15, -0.1) is 0 Å². The van der Waals surface area contributed by atoms with Crippen LogP contribution in [0.1, 0.15) is 130 Å². The zero-order valence-corrected chi connectivity index (χ0v) is 21.0. The minimum absolute atomic E-state index is 0.344. The Morgan fingerprint density at radius 1 is 0.613 bits per heavy atom. The summed E-state index contributed by atoms with van der Waals surface area (Å²) in [5.41, 5.74) is -1.03. The predicted octanol–water partition coefficient (Wildman–Crippen LogP) is 7.63. The van der Waals surface area contributed by atoms with E-state index < -0.39 is 5.41 Å². The molecule has 1 aliphatic carbocycles. The molecule has 0 aromatic carbocycles. The van der Waals surface area contributed by atoms with E-state index in [9.17, 15) is 9.59 Å². The molecule has 0 heterocycles. The van der Waals surface area contributed by atoms with E-state index in [1.165, 1.54) is 51.4 Å². The first-order chi connectivity index (χ1) is 14.9. The Morgan fingerprint density at radius 3 is 1.35 bits per heavy atom. The van der Waals surface area contributed by atoms with Crippen molar-refractivity contribution < 1.29 is 19.1 Å². The monoisotopic (exact) mass is 438 g/mol. The van der Waals surface area contributed by atoms with Crippen molar-refractivity contribution in [2.24, 2.45) is 17.3 Å². The highest BCUT2D eigenvalue weighted by atomic mass is 16.6. The summed E-state index contributed by atoms with van der Waals surface area (Å²) in [4.78, 5) is 25.5. The number of hydrogen-bond acceptors (Lipinski definition) is 4. The molecule has 0 aromatic heterocycles.